The average Bonchev–Trinajstić information content (AvgIpc) is 2.60. The van der Waals surface area contributed by atoms with Crippen LogP contribution in [-0.4, -0.2) is 23.5 Å². The largest absolute Gasteiger partial charge is 0.484 e. The summed E-state index contributed by atoms with van der Waals surface area (Å²) in [5, 5.41) is 2.44. The quantitative estimate of drug-likeness (QED) is 0.534. The molecule has 0 atom stereocenters. The minimum atomic E-state index is -0.436. The van der Waals surface area contributed by atoms with E-state index in [9.17, 15) is 9.59 Å². The van der Waals surface area contributed by atoms with Crippen LogP contribution in [-0.2, 0) is 4.79 Å². The van der Waals surface area contributed by atoms with Crippen molar-refractivity contribution in [2.75, 3.05) is 6.61 Å². The zero-order chi connectivity index (χ0) is 17.4. The lowest BCUT2D eigenvalue weighted by molar-refractivity contribution is -0.123. The van der Waals surface area contributed by atoms with Crippen LogP contribution in [0, 0.1) is 0 Å². The Hall–Kier alpha value is -2.45. The molecular formula is C16H14BrN3O3S. The van der Waals surface area contributed by atoms with Crippen LogP contribution in [0.25, 0.3) is 0 Å². The van der Waals surface area contributed by atoms with Gasteiger partial charge in [0.25, 0.3) is 11.8 Å². The third-order valence-corrected chi connectivity index (χ3v) is 3.49. The highest BCUT2D eigenvalue weighted by molar-refractivity contribution is 9.10. The SMILES string of the molecule is O=C(COc1ccc(Br)cc1)NNC(=S)NC(=O)c1ccccc1. The Balaban J connectivity index is 1.70. The molecule has 0 aliphatic rings. The number of thiocarbonyl (C=S) groups is 1. The van der Waals surface area contributed by atoms with E-state index < -0.39 is 5.91 Å². The maximum absolute atomic E-state index is 11.9. The van der Waals surface area contributed by atoms with Gasteiger partial charge in [-0.2, -0.15) is 0 Å². The molecule has 0 unspecified atom stereocenters. The summed E-state index contributed by atoms with van der Waals surface area (Å²) < 4.78 is 6.22. The van der Waals surface area contributed by atoms with E-state index in [-0.39, 0.29) is 17.6 Å². The number of carbonyl (C=O) groups excluding carboxylic acids is 2. The van der Waals surface area contributed by atoms with Crippen LogP contribution in [0.4, 0.5) is 0 Å². The number of benzene rings is 2. The molecule has 0 aliphatic carbocycles. The molecule has 6 nitrogen and oxygen atoms in total. The fourth-order valence-electron chi connectivity index (χ4n) is 1.64. The van der Waals surface area contributed by atoms with Crippen LogP contribution in [0.5, 0.6) is 5.75 Å². The van der Waals surface area contributed by atoms with Gasteiger partial charge >= 0.3 is 0 Å². The van der Waals surface area contributed by atoms with Gasteiger partial charge < -0.3 is 4.74 Å². The number of hydrazine groups is 1. The van der Waals surface area contributed by atoms with Gasteiger partial charge in [0.2, 0.25) is 0 Å². The first kappa shape index (κ1) is 17.9. The molecule has 24 heavy (non-hydrogen) atoms. The smallest absolute Gasteiger partial charge is 0.276 e. The van der Waals surface area contributed by atoms with Gasteiger partial charge in [0.05, 0.1) is 0 Å². The average molecular weight is 408 g/mol. The van der Waals surface area contributed by atoms with Crippen molar-refractivity contribution in [3.63, 3.8) is 0 Å². The van der Waals surface area contributed by atoms with E-state index in [1.165, 1.54) is 0 Å². The molecule has 2 amide bonds. The summed E-state index contributed by atoms with van der Waals surface area (Å²) in [5.41, 5.74) is 5.25. The molecule has 0 heterocycles. The monoisotopic (exact) mass is 407 g/mol. The first-order chi connectivity index (χ1) is 11.5. The van der Waals surface area contributed by atoms with Crippen molar-refractivity contribution >= 4 is 45.1 Å². The van der Waals surface area contributed by atoms with Gasteiger partial charge in [-0.15, -0.1) is 0 Å². The van der Waals surface area contributed by atoms with Crippen molar-refractivity contribution in [1.82, 2.24) is 16.2 Å². The van der Waals surface area contributed by atoms with Gasteiger partial charge in [0, 0.05) is 10.0 Å². The van der Waals surface area contributed by atoms with E-state index in [1.54, 1.807) is 54.6 Å². The normalized spacial score (nSPS) is 9.71. The van der Waals surface area contributed by atoms with Crippen molar-refractivity contribution in [2.24, 2.45) is 0 Å². The lowest BCUT2D eigenvalue weighted by Gasteiger charge is -2.11. The summed E-state index contributed by atoms with van der Waals surface area (Å²) in [6.45, 7) is -0.191. The van der Waals surface area contributed by atoms with Crippen LogP contribution in [0.15, 0.2) is 59.1 Å². The molecule has 8 heteroatoms. The van der Waals surface area contributed by atoms with Crippen LogP contribution >= 0.6 is 28.1 Å². The van der Waals surface area contributed by atoms with E-state index >= 15 is 0 Å². The van der Waals surface area contributed by atoms with Crippen molar-refractivity contribution in [3.05, 3.63) is 64.6 Å². The number of carbonyl (C=O) groups is 2. The molecule has 0 saturated heterocycles. The molecule has 0 radical (unpaired) electrons. The van der Waals surface area contributed by atoms with Crippen LogP contribution in [0.3, 0.4) is 0 Å². The predicted molar refractivity (Wildman–Crippen MR) is 97.4 cm³/mol. The second kappa shape index (κ2) is 8.99. The topological polar surface area (TPSA) is 79.5 Å². The lowest BCUT2D eigenvalue weighted by atomic mass is 10.2. The number of nitrogens with one attached hydrogen (secondary N) is 3. The molecule has 0 fully saturated rings. The summed E-state index contributed by atoms with van der Waals surface area (Å²) in [6, 6.07) is 15.7. The first-order valence-corrected chi connectivity index (χ1v) is 8.08. The maximum Gasteiger partial charge on any atom is 0.276 e. The van der Waals surface area contributed by atoms with E-state index in [0.29, 0.717) is 11.3 Å². The molecule has 2 rings (SSSR count). The highest BCUT2D eigenvalue weighted by Crippen LogP contribution is 2.15. The van der Waals surface area contributed by atoms with E-state index in [0.717, 1.165) is 4.47 Å². The maximum atomic E-state index is 11.9. The highest BCUT2D eigenvalue weighted by atomic mass is 79.9. The number of amides is 2. The Morgan fingerprint density at radius 1 is 1.00 bits per heavy atom. The van der Waals surface area contributed by atoms with Crippen molar-refractivity contribution in [3.8, 4) is 5.75 Å². The van der Waals surface area contributed by atoms with Gasteiger partial charge in [0.15, 0.2) is 11.7 Å². The number of halogens is 1. The van der Waals surface area contributed by atoms with E-state index in [4.69, 9.17) is 17.0 Å². The molecule has 0 saturated carbocycles. The van der Waals surface area contributed by atoms with Gasteiger partial charge in [-0.25, -0.2) is 0 Å². The van der Waals surface area contributed by atoms with Crippen LogP contribution in [0.2, 0.25) is 0 Å². The minimum absolute atomic E-state index is 0.0131. The lowest BCUT2D eigenvalue weighted by Crippen LogP contribution is -2.49. The first-order valence-electron chi connectivity index (χ1n) is 6.88. The van der Waals surface area contributed by atoms with Gasteiger partial charge in [-0.1, -0.05) is 34.1 Å². The Bertz CT molecular complexity index is 723. The summed E-state index contributed by atoms with van der Waals surface area (Å²) in [4.78, 5) is 23.5. The predicted octanol–water partition coefficient (Wildman–Crippen LogP) is 2.16. The van der Waals surface area contributed by atoms with E-state index in [1.807, 2.05) is 0 Å². The number of hydrogen-bond donors (Lipinski definition) is 3. The van der Waals surface area contributed by atoms with Gasteiger partial charge in [0.1, 0.15) is 5.75 Å². The van der Waals surface area contributed by atoms with Crippen molar-refractivity contribution in [1.29, 1.82) is 0 Å². The molecule has 0 aliphatic heterocycles. The number of hydrogen-bond acceptors (Lipinski definition) is 4. The summed E-state index contributed by atoms with van der Waals surface area (Å²) in [6.07, 6.45) is 0. The van der Waals surface area contributed by atoms with Crippen molar-refractivity contribution < 1.29 is 14.3 Å². The third-order valence-electron chi connectivity index (χ3n) is 2.76. The Morgan fingerprint density at radius 2 is 1.67 bits per heavy atom. The Labute approximate surface area is 152 Å². The minimum Gasteiger partial charge on any atom is -0.484 e. The molecule has 124 valence electrons. The fourth-order valence-corrected chi connectivity index (χ4v) is 2.05. The Morgan fingerprint density at radius 3 is 2.33 bits per heavy atom. The molecule has 0 spiro atoms. The summed E-state index contributed by atoms with van der Waals surface area (Å²) >= 11 is 8.25. The second-order valence-electron chi connectivity index (χ2n) is 4.57. The number of ether oxygens (including phenoxy) is 1. The van der Waals surface area contributed by atoms with E-state index in [2.05, 4.69) is 32.1 Å². The molecular weight excluding hydrogens is 394 g/mol. The summed E-state index contributed by atoms with van der Waals surface area (Å²) in [7, 11) is 0. The van der Waals surface area contributed by atoms with Crippen LogP contribution < -0.4 is 20.9 Å². The van der Waals surface area contributed by atoms with Crippen LogP contribution in [0.1, 0.15) is 10.4 Å². The van der Waals surface area contributed by atoms with Crippen molar-refractivity contribution in [2.45, 2.75) is 0 Å². The number of rotatable bonds is 4. The van der Waals surface area contributed by atoms with Gasteiger partial charge in [-0.3, -0.25) is 25.8 Å². The third kappa shape index (κ3) is 5.98. The molecule has 2 aromatic carbocycles. The summed E-state index contributed by atoms with van der Waals surface area (Å²) in [5.74, 6) is -0.240. The fraction of sp³-hybridized carbons (Fsp3) is 0.0625. The molecule has 3 N–H and O–H groups in total. The molecule has 0 aromatic heterocycles. The molecule has 0 bridgehead atoms. The standard InChI is InChI=1S/C16H14BrN3O3S/c17-12-6-8-13(9-7-12)23-10-14(21)19-20-16(24)18-15(22)11-4-2-1-3-5-11/h1-9H,10H2,(H,19,21)(H2,18,20,22,24). The van der Waals surface area contributed by atoms with Gasteiger partial charge in [-0.05, 0) is 48.6 Å². The zero-order valence-electron chi connectivity index (χ0n) is 12.4. The molecule has 2 aromatic rings. The zero-order valence-corrected chi connectivity index (χ0v) is 14.8. The second-order valence-corrected chi connectivity index (χ2v) is 5.89. The Kier molecular flexibility index (Phi) is 6.71. The highest BCUT2D eigenvalue weighted by Gasteiger charge is 2.08.